The van der Waals surface area contributed by atoms with Gasteiger partial charge in [0.2, 0.25) is 0 Å². The summed E-state index contributed by atoms with van der Waals surface area (Å²) in [5.41, 5.74) is 2.67. The second kappa shape index (κ2) is 5.38. The Balaban J connectivity index is 1.65. The third-order valence-corrected chi connectivity index (χ3v) is 5.20. The molecular formula is C17H17N3O2S. The van der Waals surface area contributed by atoms with Gasteiger partial charge < -0.3 is 14.6 Å². The van der Waals surface area contributed by atoms with Gasteiger partial charge in [-0.05, 0) is 25.1 Å². The molecule has 0 radical (unpaired) electrons. The van der Waals surface area contributed by atoms with E-state index in [1.54, 1.807) is 18.4 Å². The zero-order valence-electron chi connectivity index (χ0n) is 13.0. The van der Waals surface area contributed by atoms with Crippen molar-refractivity contribution in [1.29, 1.82) is 0 Å². The molecule has 0 fully saturated rings. The summed E-state index contributed by atoms with van der Waals surface area (Å²) in [4.78, 5) is 23.7. The van der Waals surface area contributed by atoms with Crippen LogP contribution in [0.1, 0.15) is 26.1 Å². The summed E-state index contributed by atoms with van der Waals surface area (Å²) < 4.78 is 5.36. The third-order valence-electron chi connectivity index (χ3n) is 4.20. The van der Waals surface area contributed by atoms with Crippen molar-refractivity contribution in [3.05, 3.63) is 45.5 Å². The van der Waals surface area contributed by atoms with Crippen LogP contribution in [-0.4, -0.2) is 34.4 Å². The molecule has 3 heterocycles. The number of carbonyl (C=O) groups is 1. The number of aromatic amines is 1. The predicted octanol–water partition coefficient (Wildman–Crippen LogP) is 3.14. The molecule has 1 aliphatic rings. The van der Waals surface area contributed by atoms with Crippen molar-refractivity contribution in [2.45, 2.75) is 19.9 Å². The maximum Gasteiger partial charge on any atom is 0.270 e. The van der Waals surface area contributed by atoms with Crippen molar-refractivity contribution in [3.8, 4) is 5.75 Å². The largest absolute Gasteiger partial charge is 0.496 e. The summed E-state index contributed by atoms with van der Waals surface area (Å²) >= 11 is 1.68. The molecule has 1 N–H and O–H groups in total. The lowest BCUT2D eigenvalue weighted by Gasteiger charge is -2.25. The molecule has 1 aromatic carbocycles. The van der Waals surface area contributed by atoms with Crippen molar-refractivity contribution in [2.24, 2.45) is 0 Å². The Morgan fingerprint density at radius 3 is 3.13 bits per heavy atom. The Morgan fingerprint density at radius 1 is 1.43 bits per heavy atom. The van der Waals surface area contributed by atoms with E-state index in [-0.39, 0.29) is 5.91 Å². The number of nitrogens with zero attached hydrogens (tertiary/aromatic N) is 2. The van der Waals surface area contributed by atoms with Crippen molar-refractivity contribution < 1.29 is 9.53 Å². The molecule has 5 nitrogen and oxygen atoms in total. The van der Waals surface area contributed by atoms with Crippen LogP contribution in [0.2, 0.25) is 0 Å². The number of thiazole rings is 1. The van der Waals surface area contributed by atoms with E-state index < -0.39 is 0 Å². The Bertz CT molecular complexity index is 897. The normalized spacial score (nSPS) is 14.1. The van der Waals surface area contributed by atoms with Gasteiger partial charge in [-0.3, -0.25) is 4.79 Å². The van der Waals surface area contributed by atoms with Crippen LogP contribution in [0, 0.1) is 6.92 Å². The first-order chi connectivity index (χ1) is 11.2. The summed E-state index contributed by atoms with van der Waals surface area (Å²) in [5, 5.41) is 2.00. The first-order valence-corrected chi connectivity index (χ1v) is 8.37. The molecule has 1 amide bonds. The number of ether oxygens (including phenoxy) is 1. The minimum absolute atomic E-state index is 0.0277. The molecule has 0 atom stereocenters. The number of hydrogen-bond acceptors (Lipinski definition) is 4. The van der Waals surface area contributed by atoms with E-state index in [9.17, 15) is 4.79 Å². The highest BCUT2D eigenvalue weighted by Gasteiger charge is 2.25. The Hall–Kier alpha value is -2.34. The summed E-state index contributed by atoms with van der Waals surface area (Å²) in [7, 11) is 1.64. The molecule has 0 saturated carbocycles. The molecule has 0 unspecified atom stereocenters. The van der Waals surface area contributed by atoms with Gasteiger partial charge in [0.05, 0.1) is 24.4 Å². The molecule has 6 heteroatoms. The topological polar surface area (TPSA) is 58.2 Å². The van der Waals surface area contributed by atoms with E-state index in [1.165, 1.54) is 4.88 Å². The maximum absolute atomic E-state index is 12.8. The van der Waals surface area contributed by atoms with Gasteiger partial charge in [-0.2, -0.15) is 0 Å². The molecule has 23 heavy (non-hydrogen) atoms. The molecule has 0 aliphatic carbocycles. The fourth-order valence-electron chi connectivity index (χ4n) is 3.09. The first-order valence-electron chi connectivity index (χ1n) is 7.56. The van der Waals surface area contributed by atoms with E-state index >= 15 is 0 Å². The maximum atomic E-state index is 12.8. The lowest BCUT2D eigenvalue weighted by atomic mass is 10.1. The average Bonchev–Trinajstić information content (AvgIpc) is 3.15. The monoisotopic (exact) mass is 327 g/mol. The van der Waals surface area contributed by atoms with Gasteiger partial charge in [0.25, 0.3) is 5.91 Å². The van der Waals surface area contributed by atoms with Crippen molar-refractivity contribution in [2.75, 3.05) is 13.7 Å². The molecule has 0 bridgehead atoms. The number of aryl methyl sites for hydroxylation is 1. The minimum atomic E-state index is 0.0277. The highest BCUT2D eigenvalue weighted by molar-refractivity contribution is 7.11. The van der Waals surface area contributed by atoms with Crippen LogP contribution in [0.25, 0.3) is 10.9 Å². The zero-order chi connectivity index (χ0) is 16.0. The minimum Gasteiger partial charge on any atom is -0.496 e. The molecule has 2 aromatic heterocycles. The second-order valence-corrected chi connectivity index (χ2v) is 6.97. The van der Waals surface area contributed by atoms with Crippen LogP contribution in [0.4, 0.5) is 0 Å². The van der Waals surface area contributed by atoms with E-state index in [0.29, 0.717) is 18.8 Å². The number of amides is 1. The fourth-order valence-corrected chi connectivity index (χ4v) is 4.09. The number of rotatable bonds is 2. The Kier molecular flexibility index (Phi) is 3.34. The molecule has 4 rings (SSSR count). The van der Waals surface area contributed by atoms with E-state index in [4.69, 9.17) is 4.74 Å². The number of methoxy groups -OCH3 is 1. The molecular weight excluding hydrogens is 310 g/mol. The second-order valence-electron chi connectivity index (χ2n) is 5.68. The smallest absolute Gasteiger partial charge is 0.270 e. The van der Waals surface area contributed by atoms with E-state index in [0.717, 1.165) is 33.8 Å². The van der Waals surface area contributed by atoms with Gasteiger partial charge in [-0.25, -0.2) is 4.98 Å². The number of fused-ring (bicyclic) bond motifs is 2. The molecule has 0 saturated heterocycles. The van der Waals surface area contributed by atoms with Crippen molar-refractivity contribution in [1.82, 2.24) is 14.9 Å². The zero-order valence-corrected chi connectivity index (χ0v) is 13.9. The first kappa shape index (κ1) is 14.3. The molecule has 118 valence electrons. The fraction of sp³-hybridized carbons (Fsp3) is 0.294. The summed E-state index contributed by atoms with van der Waals surface area (Å²) in [6.45, 7) is 3.37. The SMILES string of the molecule is COc1cccc2[nH]c(C(=O)N3CCc4nc(C)sc4C3)cc12. The Labute approximate surface area is 137 Å². The lowest BCUT2D eigenvalue weighted by molar-refractivity contribution is 0.0731. The third kappa shape index (κ3) is 2.39. The standard InChI is InChI=1S/C17H17N3O2S/c1-10-18-13-6-7-20(9-16(13)23-10)17(21)14-8-11-12(19-14)4-3-5-15(11)22-2/h3-5,8,19H,6-7,9H2,1-2H3. The van der Waals surface area contributed by atoms with Crippen LogP contribution in [0.3, 0.4) is 0 Å². The van der Waals surface area contributed by atoms with Crippen LogP contribution in [0.5, 0.6) is 5.75 Å². The average molecular weight is 327 g/mol. The lowest BCUT2D eigenvalue weighted by Crippen LogP contribution is -2.35. The number of benzene rings is 1. The summed E-state index contributed by atoms with van der Waals surface area (Å²) in [6.07, 6.45) is 0.828. The molecule has 3 aromatic rings. The Morgan fingerprint density at radius 2 is 2.30 bits per heavy atom. The van der Waals surface area contributed by atoms with E-state index in [1.807, 2.05) is 36.1 Å². The van der Waals surface area contributed by atoms with Crippen LogP contribution in [0.15, 0.2) is 24.3 Å². The molecule has 1 aliphatic heterocycles. The van der Waals surface area contributed by atoms with Gasteiger partial charge in [-0.1, -0.05) is 6.07 Å². The van der Waals surface area contributed by atoms with Gasteiger partial charge in [0.15, 0.2) is 0 Å². The van der Waals surface area contributed by atoms with Gasteiger partial charge >= 0.3 is 0 Å². The summed E-state index contributed by atoms with van der Waals surface area (Å²) in [6, 6.07) is 7.65. The number of carbonyl (C=O) groups excluding carboxylic acids is 1. The quantitative estimate of drug-likeness (QED) is 0.786. The number of aromatic nitrogens is 2. The van der Waals surface area contributed by atoms with Crippen molar-refractivity contribution >= 4 is 28.1 Å². The van der Waals surface area contributed by atoms with Crippen molar-refractivity contribution in [3.63, 3.8) is 0 Å². The number of hydrogen-bond donors (Lipinski definition) is 1. The summed E-state index contributed by atoms with van der Waals surface area (Å²) in [5.74, 6) is 0.803. The highest BCUT2D eigenvalue weighted by atomic mass is 32.1. The molecule has 0 spiro atoms. The van der Waals surface area contributed by atoms with Gasteiger partial charge in [0.1, 0.15) is 11.4 Å². The predicted molar refractivity (Wildman–Crippen MR) is 90.1 cm³/mol. The van der Waals surface area contributed by atoms with Gasteiger partial charge in [-0.15, -0.1) is 11.3 Å². The van der Waals surface area contributed by atoms with E-state index in [2.05, 4.69) is 9.97 Å². The highest BCUT2D eigenvalue weighted by Crippen LogP contribution is 2.28. The van der Waals surface area contributed by atoms with Crippen LogP contribution in [-0.2, 0) is 13.0 Å². The van der Waals surface area contributed by atoms with Gasteiger partial charge in [0, 0.05) is 28.7 Å². The number of H-pyrrole nitrogens is 1. The van der Waals surface area contributed by atoms with Crippen LogP contribution >= 0.6 is 11.3 Å². The van der Waals surface area contributed by atoms with Crippen LogP contribution < -0.4 is 4.74 Å². The number of nitrogens with one attached hydrogen (secondary N) is 1.